The molecule has 4 rings (SSSR count). The molecule has 0 saturated heterocycles. The number of allylic oxidation sites excluding steroid dienone is 2. The van der Waals surface area contributed by atoms with Gasteiger partial charge in [0.15, 0.2) is 0 Å². The molecule has 0 bridgehead atoms. The topological polar surface area (TPSA) is 18.5 Å². The van der Waals surface area contributed by atoms with Gasteiger partial charge >= 0.3 is 0 Å². The number of fused-ring (bicyclic) bond motifs is 3. The van der Waals surface area contributed by atoms with Crippen molar-refractivity contribution in [3.8, 4) is 11.5 Å². The minimum absolute atomic E-state index is 0.611. The van der Waals surface area contributed by atoms with E-state index in [2.05, 4.69) is 49.4 Å². The van der Waals surface area contributed by atoms with Crippen LogP contribution in [-0.2, 0) is 0 Å². The van der Waals surface area contributed by atoms with Gasteiger partial charge in [0.1, 0.15) is 11.5 Å². The zero-order chi connectivity index (χ0) is 17.4. The molecule has 0 aromatic heterocycles. The summed E-state index contributed by atoms with van der Waals surface area (Å²) in [5.74, 6) is 3.12. The maximum Gasteiger partial charge on any atom is 0.119 e. The quantitative estimate of drug-likeness (QED) is 0.693. The number of ether oxygens (including phenoxy) is 2. The second-order valence-corrected chi connectivity index (χ2v) is 7.22. The number of methoxy groups -OCH3 is 2. The van der Waals surface area contributed by atoms with Crippen molar-refractivity contribution in [2.75, 3.05) is 14.2 Å². The van der Waals surface area contributed by atoms with E-state index in [-0.39, 0.29) is 0 Å². The maximum atomic E-state index is 5.50. The summed E-state index contributed by atoms with van der Waals surface area (Å²) >= 11 is 0. The summed E-state index contributed by atoms with van der Waals surface area (Å²) in [7, 11) is 3.48. The molecule has 0 amide bonds. The van der Waals surface area contributed by atoms with Crippen LogP contribution in [0.4, 0.5) is 0 Å². The first-order valence-electron chi connectivity index (χ1n) is 9.26. The Morgan fingerprint density at radius 2 is 1.44 bits per heavy atom. The summed E-state index contributed by atoms with van der Waals surface area (Å²) in [6, 6.07) is 15.2. The van der Waals surface area contributed by atoms with Crippen molar-refractivity contribution >= 4 is 11.1 Å². The molecule has 2 nitrogen and oxygen atoms in total. The molecule has 0 unspecified atom stereocenters. The van der Waals surface area contributed by atoms with Crippen LogP contribution in [0.1, 0.15) is 55.2 Å². The summed E-state index contributed by atoms with van der Waals surface area (Å²) in [5.41, 5.74) is 7.18. The Hall–Kier alpha value is -2.22. The second kappa shape index (κ2) is 6.59. The van der Waals surface area contributed by atoms with E-state index in [9.17, 15) is 0 Å². The van der Waals surface area contributed by atoms with Gasteiger partial charge in [-0.2, -0.15) is 0 Å². The Bertz CT molecular complexity index is 801. The standard InChI is InChI=1S/C23H26O2/c1-15-19-13-12-18(25-3)14-22(19)20-6-4-5-7-21(20)23(15)16-8-10-17(24-2)11-9-16/h8-14,20-21H,4-7H2,1-3H3/t20-,21+/m1/s1. The van der Waals surface area contributed by atoms with E-state index in [0.717, 1.165) is 11.5 Å². The van der Waals surface area contributed by atoms with E-state index in [1.807, 2.05) is 0 Å². The fraction of sp³-hybridized carbons (Fsp3) is 0.391. The first-order valence-corrected chi connectivity index (χ1v) is 9.26. The van der Waals surface area contributed by atoms with Crippen LogP contribution in [0, 0.1) is 5.92 Å². The highest BCUT2D eigenvalue weighted by molar-refractivity contribution is 5.94. The van der Waals surface area contributed by atoms with Crippen LogP contribution in [0.3, 0.4) is 0 Å². The minimum Gasteiger partial charge on any atom is -0.497 e. The number of benzene rings is 2. The van der Waals surface area contributed by atoms with Gasteiger partial charge < -0.3 is 9.47 Å². The Morgan fingerprint density at radius 3 is 2.12 bits per heavy atom. The van der Waals surface area contributed by atoms with E-state index in [1.54, 1.807) is 14.2 Å². The summed E-state index contributed by atoms with van der Waals surface area (Å²) in [6.07, 6.45) is 5.21. The minimum atomic E-state index is 0.611. The van der Waals surface area contributed by atoms with Gasteiger partial charge in [0, 0.05) is 0 Å². The van der Waals surface area contributed by atoms with Crippen molar-refractivity contribution in [2.24, 2.45) is 5.92 Å². The van der Waals surface area contributed by atoms with E-state index >= 15 is 0 Å². The Morgan fingerprint density at radius 1 is 0.800 bits per heavy atom. The molecule has 2 aliphatic carbocycles. The molecule has 1 fully saturated rings. The van der Waals surface area contributed by atoms with Crippen molar-refractivity contribution in [1.29, 1.82) is 0 Å². The lowest BCUT2D eigenvalue weighted by atomic mass is 9.64. The SMILES string of the molecule is COc1ccc(C2=C(C)c3ccc(OC)cc3[C@@H]3CCCC[C@H]23)cc1. The van der Waals surface area contributed by atoms with E-state index in [1.165, 1.54) is 53.5 Å². The molecule has 2 aromatic carbocycles. The predicted molar refractivity (Wildman–Crippen MR) is 103 cm³/mol. The lowest BCUT2D eigenvalue weighted by Gasteiger charge is -2.40. The summed E-state index contributed by atoms with van der Waals surface area (Å²) < 4.78 is 10.8. The molecule has 0 N–H and O–H groups in total. The van der Waals surface area contributed by atoms with Crippen LogP contribution in [0.5, 0.6) is 11.5 Å². The third kappa shape index (κ3) is 2.74. The molecule has 0 aliphatic heterocycles. The molecular weight excluding hydrogens is 308 g/mol. The van der Waals surface area contributed by atoms with Crippen LogP contribution in [0.2, 0.25) is 0 Å². The van der Waals surface area contributed by atoms with Crippen molar-refractivity contribution in [3.05, 3.63) is 59.2 Å². The fourth-order valence-electron chi connectivity index (χ4n) is 4.79. The number of hydrogen-bond donors (Lipinski definition) is 0. The summed E-state index contributed by atoms with van der Waals surface area (Å²) in [5, 5.41) is 0. The molecule has 2 aromatic rings. The highest BCUT2D eigenvalue weighted by atomic mass is 16.5. The van der Waals surface area contributed by atoms with Crippen LogP contribution in [0.15, 0.2) is 42.5 Å². The predicted octanol–water partition coefficient (Wildman–Crippen LogP) is 5.92. The van der Waals surface area contributed by atoms with Gasteiger partial charge in [0.25, 0.3) is 0 Å². The highest BCUT2D eigenvalue weighted by Crippen LogP contribution is 2.53. The Kier molecular flexibility index (Phi) is 4.29. The number of rotatable bonds is 3. The van der Waals surface area contributed by atoms with E-state index in [0.29, 0.717) is 11.8 Å². The van der Waals surface area contributed by atoms with Gasteiger partial charge in [-0.3, -0.25) is 0 Å². The van der Waals surface area contributed by atoms with Crippen molar-refractivity contribution in [3.63, 3.8) is 0 Å². The van der Waals surface area contributed by atoms with E-state index < -0.39 is 0 Å². The molecule has 0 heterocycles. The average Bonchev–Trinajstić information content (AvgIpc) is 2.68. The second-order valence-electron chi connectivity index (χ2n) is 7.22. The molecule has 0 spiro atoms. The molecular formula is C23H26O2. The van der Waals surface area contributed by atoms with Crippen LogP contribution in [0.25, 0.3) is 11.1 Å². The third-order valence-corrected chi connectivity index (χ3v) is 6.00. The summed E-state index contributed by atoms with van der Waals surface area (Å²) in [6.45, 7) is 2.29. The van der Waals surface area contributed by atoms with Crippen LogP contribution < -0.4 is 9.47 Å². The van der Waals surface area contributed by atoms with Gasteiger partial charge in [-0.25, -0.2) is 0 Å². The lowest BCUT2D eigenvalue weighted by Crippen LogP contribution is -2.24. The molecule has 0 radical (unpaired) electrons. The van der Waals surface area contributed by atoms with Gasteiger partial charge in [-0.15, -0.1) is 0 Å². The molecule has 2 aliphatic rings. The van der Waals surface area contributed by atoms with Gasteiger partial charge in [-0.05, 0) is 83.7 Å². The normalized spacial score (nSPS) is 22.2. The average molecular weight is 334 g/mol. The Balaban J connectivity index is 1.87. The smallest absolute Gasteiger partial charge is 0.119 e. The van der Waals surface area contributed by atoms with Crippen molar-refractivity contribution < 1.29 is 9.47 Å². The molecule has 130 valence electrons. The van der Waals surface area contributed by atoms with Crippen LogP contribution in [-0.4, -0.2) is 14.2 Å². The fourth-order valence-corrected chi connectivity index (χ4v) is 4.79. The van der Waals surface area contributed by atoms with Gasteiger partial charge in [-0.1, -0.05) is 31.0 Å². The molecule has 2 atom stereocenters. The molecule has 2 heteroatoms. The van der Waals surface area contributed by atoms with Crippen molar-refractivity contribution in [1.82, 2.24) is 0 Å². The zero-order valence-corrected chi connectivity index (χ0v) is 15.3. The largest absolute Gasteiger partial charge is 0.497 e. The molecule has 25 heavy (non-hydrogen) atoms. The first-order chi connectivity index (χ1) is 12.2. The number of hydrogen-bond acceptors (Lipinski definition) is 2. The van der Waals surface area contributed by atoms with Crippen LogP contribution >= 0.6 is 0 Å². The van der Waals surface area contributed by atoms with Gasteiger partial charge in [0.05, 0.1) is 14.2 Å². The summed E-state index contributed by atoms with van der Waals surface area (Å²) in [4.78, 5) is 0. The van der Waals surface area contributed by atoms with E-state index in [4.69, 9.17) is 9.47 Å². The van der Waals surface area contributed by atoms with Crippen molar-refractivity contribution in [2.45, 2.75) is 38.5 Å². The van der Waals surface area contributed by atoms with Gasteiger partial charge in [0.2, 0.25) is 0 Å². The Labute approximate surface area is 150 Å². The zero-order valence-electron chi connectivity index (χ0n) is 15.3. The molecule has 1 saturated carbocycles. The maximum absolute atomic E-state index is 5.50. The highest BCUT2D eigenvalue weighted by Gasteiger charge is 2.36. The third-order valence-electron chi connectivity index (χ3n) is 6.00. The lowest BCUT2D eigenvalue weighted by molar-refractivity contribution is 0.365. The first kappa shape index (κ1) is 16.3. The monoisotopic (exact) mass is 334 g/mol.